The van der Waals surface area contributed by atoms with Crippen LogP contribution in [0.1, 0.15) is 29.6 Å². The van der Waals surface area contributed by atoms with Crippen LogP contribution in [0, 0.1) is 0 Å². The first-order valence-electron chi connectivity index (χ1n) is 6.03. The normalized spacial score (nSPS) is 10.5. The fourth-order valence-corrected chi connectivity index (χ4v) is 1.74. The second-order valence-electron chi connectivity index (χ2n) is 3.88. The van der Waals surface area contributed by atoms with E-state index >= 15 is 0 Å². The van der Waals surface area contributed by atoms with Gasteiger partial charge in [-0.15, -0.1) is 11.6 Å². The predicted molar refractivity (Wildman–Crippen MR) is 70.0 cm³/mol. The smallest absolute Gasteiger partial charge is 0.387 e. The molecule has 1 rings (SSSR count). The summed E-state index contributed by atoms with van der Waals surface area (Å²) < 4.78 is 28.7. The SMILES string of the molecule is O=C(NCCCCCCl)c1ccccc1OC(F)F. The van der Waals surface area contributed by atoms with Gasteiger partial charge in [0.15, 0.2) is 0 Å². The van der Waals surface area contributed by atoms with E-state index in [1.807, 2.05) is 0 Å². The molecule has 0 saturated heterocycles. The summed E-state index contributed by atoms with van der Waals surface area (Å²) in [6.07, 6.45) is 2.61. The third kappa shape index (κ3) is 5.87. The van der Waals surface area contributed by atoms with Gasteiger partial charge in [-0.1, -0.05) is 18.6 Å². The minimum Gasteiger partial charge on any atom is -0.434 e. The number of rotatable bonds is 8. The van der Waals surface area contributed by atoms with Gasteiger partial charge < -0.3 is 10.1 Å². The lowest BCUT2D eigenvalue weighted by atomic mass is 10.2. The molecule has 6 heteroatoms. The molecule has 0 saturated carbocycles. The number of unbranched alkanes of at least 4 members (excludes halogenated alkanes) is 2. The highest BCUT2D eigenvalue weighted by atomic mass is 35.5. The molecular weight excluding hydrogens is 276 g/mol. The van der Waals surface area contributed by atoms with Crippen LogP contribution in [0.25, 0.3) is 0 Å². The summed E-state index contributed by atoms with van der Waals surface area (Å²) in [5.41, 5.74) is 0.111. The minimum atomic E-state index is -2.95. The molecule has 3 nitrogen and oxygen atoms in total. The van der Waals surface area contributed by atoms with Gasteiger partial charge in [0, 0.05) is 12.4 Å². The van der Waals surface area contributed by atoms with E-state index < -0.39 is 12.5 Å². The number of hydrogen-bond donors (Lipinski definition) is 1. The molecule has 0 unspecified atom stereocenters. The maximum atomic E-state index is 12.2. The summed E-state index contributed by atoms with van der Waals surface area (Å²) in [6.45, 7) is -2.46. The van der Waals surface area contributed by atoms with Gasteiger partial charge in [-0.05, 0) is 25.0 Å². The monoisotopic (exact) mass is 291 g/mol. The molecule has 0 spiro atoms. The van der Waals surface area contributed by atoms with Gasteiger partial charge in [0.2, 0.25) is 0 Å². The highest BCUT2D eigenvalue weighted by Crippen LogP contribution is 2.19. The summed E-state index contributed by atoms with van der Waals surface area (Å²) in [5, 5.41) is 2.66. The second-order valence-corrected chi connectivity index (χ2v) is 4.26. The van der Waals surface area contributed by atoms with Gasteiger partial charge in [-0.3, -0.25) is 4.79 Å². The quantitative estimate of drug-likeness (QED) is 0.589. The number of carbonyl (C=O) groups is 1. The number of carbonyl (C=O) groups excluding carboxylic acids is 1. The Hall–Kier alpha value is -1.36. The zero-order chi connectivity index (χ0) is 14.1. The lowest BCUT2D eigenvalue weighted by Gasteiger charge is -2.10. The molecule has 0 bridgehead atoms. The predicted octanol–water partition coefficient (Wildman–Crippen LogP) is 3.43. The van der Waals surface area contributed by atoms with Crippen molar-refractivity contribution in [1.82, 2.24) is 5.32 Å². The van der Waals surface area contributed by atoms with E-state index in [0.29, 0.717) is 12.4 Å². The fraction of sp³-hybridized carbons (Fsp3) is 0.462. The molecule has 106 valence electrons. The molecule has 0 radical (unpaired) electrons. The van der Waals surface area contributed by atoms with Crippen molar-refractivity contribution in [3.8, 4) is 5.75 Å². The molecular formula is C13H16ClF2NO2. The first kappa shape index (κ1) is 15.7. The number of ether oxygens (including phenoxy) is 1. The lowest BCUT2D eigenvalue weighted by molar-refractivity contribution is -0.0501. The molecule has 19 heavy (non-hydrogen) atoms. The number of benzene rings is 1. The minimum absolute atomic E-state index is 0.111. The number of amides is 1. The average molecular weight is 292 g/mol. The van der Waals surface area contributed by atoms with Crippen LogP contribution in [-0.4, -0.2) is 24.9 Å². The van der Waals surface area contributed by atoms with Crippen LogP contribution in [0.2, 0.25) is 0 Å². The van der Waals surface area contributed by atoms with Gasteiger partial charge in [0.05, 0.1) is 5.56 Å². The van der Waals surface area contributed by atoms with Crippen LogP contribution in [0.15, 0.2) is 24.3 Å². The van der Waals surface area contributed by atoms with Gasteiger partial charge in [-0.2, -0.15) is 8.78 Å². The van der Waals surface area contributed by atoms with Gasteiger partial charge in [0.25, 0.3) is 5.91 Å². The Labute approximate surface area is 115 Å². The van der Waals surface area contributed by atoms with Crippen molar-refractivity contribution in [1.29, 1.82) is 0 Å². The van der Waals surface area contributed by atoms with Crippen LogP contribution in [0.3, 0.4) is 0 Å². The topological polar surface area (TPSA) is 38.3 Å². The summed E-state index contributed by atoms with van der Waals surface area (Å²) in [7, 11) is 0. The van der Waals surface area contributed by atoms with Crippen molar-refractivity contribution in [3.05, 3.63) is 29.8 Å². The first-order chi connectivity index (χ1) is 9.15. The number of hydrogen-bond acceptors (Lipinski definition) is 2. The summed E-state index contributed by atoms with van der Waals surface area (Å²) >= 11 is 5.53. The van der Waals surface area contributed by atoms with Crippen molar-refractivity contribution in [2.24, 2.45) is 0 Å². The van der Waals surface area contributed by atoms with Crippen molar-refractivity contribution in [2.75, 3.05) is 12.4 Å². The standard InChI is InChI=1S/C13H16ClF2NO2/c14-8-4-1-5-9-17-12(18)10-6-2-3-7-11(10)19-13(15)16/h2-3,6-7,13H,1,4-5,8-9H2,(H,17,18). The molecule has 1 amide bonds. The molecule has 1 N–H and O–H groups in total. The largest absolute Gasteiger partial charge is 0.434 e. The molecule has 0 atom stereocenters. The fourth-order valence-electron chi connectivity index (χ4n) is 1.55. The van der Waals surface area contributed by atoms with E-state index in [2.05, 4.69) is 10.1 Å². The molecule has 0 aromatic heterocycles. The van der Waals surface area contributed by atoms with E-state index in [9.17, 15) is 13.6 Å². The highest BCUT2D eigenvalue weighted by molar-refractivity contribution is 6.17. The van der Waals surface area contributed by atoms with Crippen LogP contribution < -0.4 is 10.1 Å². The molecule has 1 aromatic rings. The van der Waals surface area contributed by atoms with E-state index in [1.54, 1.807) is 6.07 Å². The van der Waals surface area contributed by atoms with Crippen molar-refractivity contribution >= 4 is 17.5 Å². The maximum Gasteiger partial charge on any atom is 0.387 e. The molecule has 0 aliphatic rings. The van der Waals surface area contributed by atoms with E-state index in [1.165, 1.54) is 18.2 Å². The molecule has 0 fully saturated rings. The Balaban J connectivity index is 2.51. The van der Waals surface area contributed by atoms with Crippen LogP contribution >= 0.6 is 11.6 Å². The number of nitrogens with one attached hydrogen (secondary N) is 1. The third-order valence-electron chi connectivity index (χ3n) is 2.44. The van der Waals surface area contributed by atoms with Crippen molar-refractivity contribution < 1.29 is 18.3 Å². The molecule has 1 aromatic carbocycles. The van der Waals surface area contributed by atoms with E-state index in [-0.39, 0.29) is 11.3 Å². The molecule has 0 aliphatic heterocycles. The Kier molecular flexibility index (Phi) is 7.18. The van der Waals surface area contributed by atoms with E-state index in [0.717, 1.165) is 19.3 Å². The summed E-state index contributed by atoms with van der Waals surface area (Å²) in [6, 6.07) is 5.93. The Morgan fingerprint density at radius 1 is 1.26 bits per heavy atom. The Morgan fingerprint density at radius 2 is 2.00 bits per heavy atom. The average Bonchev–Trinajstić information content (AvgIpc) is 2.38. The number of para-hydroxylation sites is 1. The van der Waals surface area contributed by atoms with Crippen LogP contribution in [-0.2, 0) is 0 Å². The Morgan fingerprint density at radius 3 is 2.68 bits per heavy atom. The van der Waals surface area contributed by atoms with Crippen molar-refractivity contribution in [2.45, 2.75) is 25.9 Å². The van der Waals surface area contributed by atoms with Gasteiger partial charge in [0.1, 0.15) is 5.75 Å². The van der Waals surface area contributed by atoms with Crippen LogP contribution in [0.5, 0.6) is 5.75 Å². The van der Waals surface area contributed by atoms with Gasteiger partial charge >= 0.3 is 6.61 Å². The van der Waals surface area contributed by atoms with E-state index in [4.69, 9.17) is 11.6 Å². The third-order valence-corrected chi connectivity index (χ3v) is 2.71. The van der Waals surface area contributed by atoms with Gasteiger partial charge in [-0.25, -0.2) is 0 Å². The molecule has 0 aliphatic carbocycles. The first-order valence-corrected chi connectivity index (χ1v) is 6.56. The molecule has 0 heterocycles. The highest BCUT2D eigenvalue weighted by Gasteiger charge is 2.14. The second kappa shape index (κ2) is 8.69. The zero-order valence-electron chi connectivity index (χ0n) is 10.4. The maximum absolute atomic E-state index is 12.2. The lowest BCUT2D eigenvalue weighted by Crippen LogP contribution is -2.25. The summed E-state index contributed by atoms with van der Waals surface area (Å²) in [4.78, 5) is 11.8. The zero-order valence-corrected chi connectivity index (χ0v) is 11.1. The number of alkyl halides is 3. The number of halogens is 3. The Bertz CT molecular complexity index is 402. The van der Waals surface area contributed by atoms with Crippen LogP contribution in [0.4, 0.5) is 8.78 Å². The summed E-state index contributed by atoms with van der Waals surface area (Å²) in [5.74, 6) is 0.0665. The van der Waals surface area contributed by atoms with Crippen molar-refractivity contribution in [3.63, 3.8) is 0 Å².